The number of carbonyl (C=O) groups excluding carboxylic acids is 1. The summed E-state index contributed by atoms with van der Waals surface area (Å²) in [5.74, 6) is 0.634. The highest BCUT2D eigenvalue weighted by molar-refractivity contribution is 5.82. The lowest BCUT2D eigenvalue weighted by Crippen LogP contribution is -2.45. The van der Waals surface area contributed by atoms with Gasteiger partial charge in [0.25, 0.3) is 0 Å². The Bertz CT molecular complexity index is 735. The summed E-state index contributed by atoms with van der Waals surface area (Å²) in [4.78, 5) is 14.2. The van der Waals surface area contributed by atoms with Gasteiger partial charge in [-0.2, -0.15) is 0 Å². The van der Waals surface area contributed by atoms with Gasteiger partial charge in [0.15, 0.2) is 0 Å². The van der Waals surface area contributed by atoms with Crippen LogP contribution in [0, 0.1) is 18.7 Å². The Balaban J connectivity index is 1.70. The summed E-state index contributed by atoms with van der Waals surface area (Å²) in [6, 6.07) is 3.98. The molecule has 1 aromatic heterocycles. The Morgan fingerprint density at radius 3 is 2.83 bits per heavy atom. The fraction of sp³-hybridized carbons (Fsp3) is 0.500. The minimum Gasteiger partial charge on any atom is -0.459 e. The van der Waals surface area contributed by atoms with E-state index in [-0.39, 0.29) is 24.5 Å². The SMILES string of the molecule is Cc1c([C@@H](C)NC(=O)N2CCC(CO)CC2)oc2ccc(F)cc12. The number of furan rings is 1. The number of nitrogens with zero attached hydrogens (tertiary/aromatic N) is 1. The molecule has 0 bridgehead atoms. The van der Waals surface area contributed by atoms with Gasteiger partial charge in [0.1, 0.15) is 17.2 Å². The maximum Gasteiger partial charge on any atom is 0.317 e. The normalized spacial score (nSPS) is 17.2. The molecule has 1 saturated heterocycles. The molecule has 130 valence electrons. The first-order chi connectivity index (χ1) is 11.5. The molecule has 3 rings (SSSR count). The van der Waals surface area contributed by atoms with Crippen molar-refractivity contribution in [3.63, 3.8) is 0 Å². The van der Waals surface area contributed by atoms with E-state index in [4.69, 9.17) is 4.42 Å². The number of urea groups is 1. The highest BCUT2D eigenvalue weighted by Gasteiger charge is 2.25. The molecule has 6 heteroatoms. The first-order valence-corrected chi connectivity index (χ1v) is 8.34. The molecule has 1 aliphatic rings. The van der Waals surface area contributed by atoms with Crippen LogP contribution in [0.25, 0.3) is 11.0 Å². The minimum absolute atomic E-state index is 0.134. The summed E-state index contributed by atoms with van der Waals surface area (Å²) < 4.78 is 19.2. The number of hydrogen-bond donors (Lipinski definition) is 2. The molecule has 0 spiro atoms. The predicted molar refractivity (Wildman–Crippen MR) is 89.2 cm³/mol. The van der Waals surface area contributed by atoms with Crippen molar-refractivity contribution < 1.29 is 18.7 Å². The van der Waals surface area contributed by atoms with Gasteiger partial charge in [-0.1, -0.05) is 0 Å². The van der Waals surface area contributed by atoms with Crippen molar-refractivity contribution in [1.29, 1.82) is 0 Å². The van der Waals surface area contributed by atoms with E-state index in [0.717, 1.165) is 23.8 Å². The number of amides is 2. The van der Waals surface area contributed by atoms with E-state index >= 15 is 0 Å². The van der Waals surface area contributed by atoms with Crippen LogP contribution >= 0.6 is 0 Å². The molecule has 24 heavy (non-hydrogen) atoms. The van der Waals surface area contributed by atoms with Gasteiger partial charge in [-0.15, -0.1) is 0 Å². The van der Waals surface area contributed by atoms with E-state index in [0.29, 0.717) is 30.4 Å². The quantitative estimate of drug-likeness (QED) is 0.904. The molecule has 1 atom stereocenters. The van der Waals surface area contributed by atoms with E-state index in [1.54, 1.807) is 11.0 Å². The highest BCUT2D eigenvalue weighted by Crippen LogP contribution is 2.30. The zero-order chi connectivity index (χ0) is 17.3. The third-order valence-electron chi connectivity index (χ3n) is 4.83. The summed E-state index contributed by atoms with van der Waals surface area (Å²) >= 11 is 0. The Kier molecular flexibility index (Phi) is 4.76. The lowest BCUT2D eigenvalue weighted by Gasteiger charge is -2.31. The molecule has 2 heterocycles. The number of halogens is 1. The Hall–Kier alpha value is -2.08. The second-order valence-electron chi connectivity index (χ2n) is 6.52. The first kappa shape index (κ1) is 16.8. The number of aliphatic hydroxyl groups excluding tert-OH is 1. The van der Waals surface area contributed by atoms with Gasteiger partial charge in [0, 0.05) is 30.6 Å². The molecule has 0 aliphatic carbocycles. The number of aliphatic hydroxyl groups is 1. The monoisotopic (exact) mass is 334 g/mol. The number of piperidine rings is 1. The number of benzene rings is 1. The molecular weight excluding hydrogens is 311 g/mol. The van der Waals surface area contributed by atoms with Crippen LogP contribution in [0.2, 0.25) is 0 Å². The summed E-state index contributed by atoms with van der Waals surface area (Å²) in [5, 5.41) is 12.9. The Morgan fingerprint density at radius 1 is 1.46 bits per heavy atom. The third-order valence-corrected chi connectivity index (χ3v) is 4.83. The summed E-state index contributed by atoms with van der Waals surface area (Å²) in [7, 11) is 0. The van der Waals surface area contributed by atoms with E-state index in [1.807, 2.05) is 13.8 Å². The number of nitrogens with one attached hydrogen (secondary N) is 1. The molecule has 2 aromatic rings. The predicted octanol–water partition coefficient (Wildman–Crippen LogP) is 3.36. The molecule has 1 fully saturated rings. The van der Waals surface area contributed by atoms with Crippen LogP contribution in [-0.2, 0) is 0 Å². The third kappa shape index (κ3) is 3.24. The van der Waals surface area contributed by atoms with E-state index in [1.165, 1.54) is 12.1 Å². The summed E-state index contributed by atoms with van der Waals surface area (Å²) in [5.41, 5.74) is 1.46. The average Bonchev–Trinajstić information content (AvgIpc) is 2.91. The molecular formula is C18H23FN2O3. The first-order valence-electron chi connectivity index (χ1n) is 8.34. The summed E-state index contributed by atoms with van der Waals surface area (Å²) in [6.07, 6.45) is 1.64. The van der Waals surface area contributed by atoms with E-state index in [2.05, 4.69) is 5.32 Å². The van der Waals surface area contributed by atoms with Crippen molar-refractivity contribution in [2.45, 2.75) is 32.7 Å². The highest BCUT2D eigenvalue weighted by atomic mass is 19.1. The van der Waals surface area contributed by atoms with Crippen molar-refractivity contribution in [2.24, 2.45) is 5.92 Å². The molecule has 1 aliphatic heterocycles. The molecule has 0 radical (unpaired) electrons. The average molecular weight is 334 g/mol. The van der Waals surface area contributed by atoms with Crippen molar-refractivity contribution in [1.82, 2.24) is 10.2 Å². The maximum atomic E-state index is 13.4. The van der Waals surface area contributed by atoms with Crippen LogP contribution in [0.4, 0.5) is 9.18 Å². The minimum atomic E-state index is -0.304. The number of rotatable bonds is 3. The molecule has 2 N–H and O–H groups in total. The van der Waals surface area contributed by atoms with Crippen LogP contribution in [0.5, 0.6) is 0 Å². The van der Waals surface area contributed by atoms with Gasteiger partial charge in [-0.25, -0.2) is 9.18 Å². The van der Waals surface area contributed by atoms with Crippen molar-refractivity contribution in [3.05, 3.63) is 35.3 Å². The number of hydrogen-bond acceptors (Lipinski definition) is 3. The lowest BCUT2D eigenvalue weighted by atomic mass is 9.98. The molecule has 5 nitrogen and oxygen atoms in total. The molecule has 0 unspecified atom stereocenters. The van der Waals surface area contributed by atoms with Crippen LogP contribution in [0.3, 0.4) is 0 Å². The Labute approximate surface area is 140 Å². The Morgan fingerprint density at radius 2 is 2.17 bits per heavy atom. The van der Waals surface area contributed by atoms with Crippen LogP contribution in [0.15, 0.2) is 22.6 Å². The van der Waals surface area contributed by atoms with Gasteiger partial charge < -0.3 is 19.7 Å². The molecule has 0 saturated carbocycles. The molecule has 1 aromatic carbocycles. The fourth-order valence-corrected chi connectivity index (χ4v) is 3.29. The van der Waals surface area contributed by atoms with Crippen LogP contribution < -0.4 is 5.32 Å². The van der Waals surface area contributed by atoms with Crippen molar-refractivity contribution in [2.75, 3.05) is 19.7 Å². The summed E-state index contributed by atoms with van der Waals surface area (Å²) in [6.45, 7) is 5.21. The van der Waals surface area contributed by atoms with Gasteiger partial charge >= 0.3 is 6.03 Å². The van der Waals surface area contributed by atoms with Crippen molar-refractivity contribution in [3.8, 4) is 0 Å². The van der Waals surface area contributed by atoms with E-state index in [9.17, 15) is 14.3 Å². The molecule has 2 amide bonds. The fourth-order valence-electron chi connectivity index (χ4n) is 3.29. The largest absolute Gasteiger partial charge is 0.459 e. The van der Waals surface area contributed by atoms with Gasteiger partial charge in [-0.3, -0.25) is 0 Å². The smallest absolute Gasteiger partial charge is 0.317 e. The van der Waals surface area contributed by atoms with Gasteiger partial charge in [0.05, 0.1) is 6.04 Å². The van der Waals surface area contributed by atoms with Crippen LogP contribution in [-0.4, -0.2) is 35.7 Å². The number of carbonyl (C=O) groups is 1. The number of likely N-dealkylation sites (tertiary alicyclic amines) is 1. The standard InChI is InChI=1S/C18H23FN2O3/c1-11-15-9-14(19)3-4-16(15)24-17(11)12(2)20-18(23)21-7-5-13(10-22)6-8-21/h3-4,9,12-13,22H,5-8,10H2,1-2H3,(H,20,23)/t12-/m1/s1. The van der Waals surface area contributed by atoms with Crippen LogP contribution in [0.1, 0.15) is 37.1 Å². The zero-order valence-corrected chi connectivity index (χ0v) is 14.0. The lowest BCUT2D eigenvalue weighted by molar-refractivity contribution is 0.135. The second-order valence-corrected chi connectivity index (χ2v) is 6.52. The van der Waals surface area contributed by atoms with E-state index < -0.39 is 0 Å². The van der Waals surface area contributed by atoms with Crippen molar-refractivity contribution >= 4 is 17.0 Å². The van der Waals surface area contributed by atoms with Gasteiger partial charge in [-0.05, 0) is 50.8 Å². The topological polar surface area (TPSA) is 65.7 Å². The zero-order valence-electron chi connectivity index (χ0n) is 14.0. The number of fused-ring (bicyclic) bond motifs is 1. The maximum absolute atomic E-state index is 13.4. The number of aryl methyl sites for hydroxylation is 1. The van der Waals surface area contributed by atoms with Gasteiger partial charge in [0.2, 0.25) is 0 Å². The second kappa shape index (κ2) is 6.81.